The van der Waals surface area contributed by atoms with Crippen molar-refractivity contribution in [2.75, 3.05) is 17.1 Å². The lowest BCUT2D eigenvalue weighted by atomic mass is 10.0. The van der Waals surface area contributed by atoms with Crippen molar-refractivity contribution >= 4 is 21.6 Å². The molecule has 2 aromatic carbocycles. The van der Waals surface area contributed by atoms with Gasteiger partial charge in [-0.25, -0.2) is 8.42 Å². The monoisotopic (exact) mass is 388 g/mol. The van der Waals surface area contributed by atoms with E-state index in [4.69, 9.17) is 0 Å². The lowest BCUT2D eigenvalue weighted by Crippen LogP contribution is -2.42. The Labute approximate surface area is 162 Å². The minimum atomic E-state index is -3.60. The van der Waals surface area contributed by atoms with E-state index in [0.29, 0.717) is 5.69 Å². The summed E-state index contributed by atoms with van der Waals surface area (Å²) in [6.45, 7) is 7.45. The molecule has 0 unspecified atom stereocenters. The first-order valence-corrected chi connectivity index (χ1v) is 10.9. The Morgan fingerprint density at radius 3 is 2.07 bits per heavy atom. The van der Waals surface area contributed by atoms with Crippen LogP contribution in [0.1, 0.15) is 41.6 Å². The van der Waals surface area contributed by atoms with Crippen molar-refractivity contribution in [3.8, 4) is 0 Å². The van der Waals surface area contributed by atoms with E-state index < -0.39 is 10.0 Å². The predicted molar refractivity (Wildman–Crippen MR) is 110 cm³/mol. The number of rotatable bonds is 7. The zero-order valence-corrected chi connectivity index (χ0v) is 17.4. The second-order valence-corrected chi connectivity index (χ2v) is 8.86. The van der Waals surface area contributed by atoms with Gasteiger partial charge in [-0.15, -0.1) is 0 Å². The molecule has 0 saturated carbocycles. The molecule has 27 heavy (non-hydrogen) atoms. The molecule has 0 saturated heterocycles. The summed E-state index contributed by atoms with van der Waals surface area (Å²) in [7, 11) is -3.60. The summed E-state index contributed by atoms with van der Waals surface area (Å²) in [4.78, 5) is 12.7. The predicted octanol–water partition coefficient (Wildman–Crippen LogP) is 3.65. The summed E-state index contributed by atoms with van der Waals surface area (Å²) in [5.74, 6) is -0.324. The molecule has 2 aromatic rings. The molecule has 5 nitrogen and oxygen atoms in total. The molecular weight excluding hydrogens is 360 g/mol. The fourth-order valence-corrected chi connectivity index (χ4v) is 4.12. The van der Waals surface area contributed by atoms with E-state index in [1.54, 1.807) is 0 Å². The van der Waals surface area contributed by atoms with Gasteiger partial charge >= 0.3 is 0 Å². The first-order chi connectivity index (χ1) is 12.6. The molecule has 1 atom stereocenters. The number of carbonyl (C=O) groups is 1. The molecule has 0 aliphatic carbocycles. The van der Waals surface area contributed by atoms with Crippen LogP contribution in [0.2, 0.25) is 0 Å². The van der Waals surface area contributed by atoms with Crippen molar-refractivity contribution < 1.29 is 13.2 Å². The maximum Gasteiger partial charge on any atom is 0.241 e. The number of nitrogens with zero attached hydrogens (tertiary/aromatic N) is 1. The van der Waals surface area contributed by atoms with Crippen LogP contribution in [0.3, 0.4) is 0 Å². The number of amides is 1. The van der Waals surface area contributed by atoms with Crippen LogP contribution in [0.5, 0.6) is 0 Å². The molecule has 0 aliphatic heterocycles. The van der Waals surface area contributed by atoms with Crippen LogP contribution < -0.4 is 9.62 Å². The number of benzene rings is 2. The Morgan fingerprint density at radius 1 is 1.04 bits per heavy atom. The number of hydrogen-bond acceptors (Lipinski definition) is 3. The van der Waals surface area contributed by atoms with Crippen LogP contribution in [0.25, 0.3) is 0 Å². The van der Waals surface area contributed by atoms with Crippen LogP contribution in [0.4, 0.5) is 5.69 Å². The van der Waals surface area contributed by atoms with E-state index >= 15 is 0 Å². The zero-order chi connectivity index (χ0) is 20.2. The number of aryl methyl sites for hydroxylation is 3. The number of nitrogens with one attached hydrogen (secondary N) is 1. The van der Waals surface area contributed by atoms with Gasteiger partial charge in [-0.3, -0.25) is 9.10 Å². The Kier molecular flexibility index (Phi) is 6.65. The molecule has 0 radical (unpaired) electrons. The molecule has 0 aromatic heterocycles. The molecule has 146 valence electrons. The minimum absolute atomic E-state index is 0.155. The summed E-state index contributed by atoms with van der Waals surface area (Å²) in [6.07, 6.45) is 1.85. The average molecular weight is 389 g/mol. The van der Waals surface area contributed by atoms with Gasteiger partial charge in [0.05, 0.1) is 18.0 Å². The van der Waals surface area contributed by atoms with E-state index in [1.807, 2.05) is 70.2 Å². The van der Waals surface area contributed by atoms with Gasteiger partial charge in [-0.1, -0.05) is 55.0 Å². The first kappa shape index (κ1) is 21.0. The molecule has 6 heteroatoms. The molecule has 0 spiro atoms. The lowest BCUT2D eigenvalue weighted by Gasteiger charge is -2.26. The Balaban J connectivity index is 2.25. The van der Waals surface area contributed by atoms with E-state index in [0.717, 1.165) is 34.9 Å². The molecule has 0 aliphatic rings. The van der Waals surface area contributed by atoms with Crippen LogP contribution >= 0.6 is 0 Å². The van der Waals surface area contributed by atoms with Crippen molar-refractivity contribution in [1.29, 1.82) is 0 Å². The number of anilines is 1. The van der Waals surface area contributed by atoms with Gasteiger partial charge in [0.1, 0.15) is 6.54 Å². The standard InChI is InChI=1S/C21H28N2O3S/c1-6-19(18-12-10-15(2)11-13-18)22-20(24)14-23(27(5,25)26)21-16(3)8-7-9-17(21)4/h7-13,19H,6,14H2,1-5H3,(H,22,24)/t19-/m0/s1. The van der Waals surface area contributed by atoms with Crippen molar-refractivity contribution in [3.05, 3.63) is 64.7 Å². The van der Waals surface area contributed by atoms with E-state index in [-0.39, 0.29) is 18.5 Å². The summed E-state index contributed by atoms with van der Waals surface area (Å²) < 4.78 is 26.0. The van der Waals surface area contributed by atoms with Crippen molar-refractivity contribution in [1.82, 2.24) is 5.32 Å². The van der Waals surface area contributed by atoms with Gasteiger partial charge < -0.3 is 5.32 Å². The van der Waals surface area contributed by atoms with Crippen LogP contribution in [0, 0.1) is 20.8 Å². The third-order valence-corrected chi connectivity index (χ3v) is 5.71. The van der Waals surface area contributed by atoms with Gasteiger partial charge in [-0.2, -0.15) is 0 Å². The largest absolute Gasteiger partial charge is 0.348 e. The third kappa shape index (κ3) is 5.32. The SMILES string of the molecule is CC[C@H](NC(=O)CN(c1c(C)cccc1C)S(C)(=O)=O)c1ccc(C)cc1. The number of carbonyl (C=O) groups excluding carboxylic acids is 1. The fraction of sp³-hybridized carbons (Fsp3) is 0.381. The first-order valence-electron chi connectivity index (χ1n) is 9.03. The highest BCUT2D eigenvalue weighted by molar-refractivity contribution is 7.92. The summed E-state index contributed by atoms with van der Waals surface area (Å²) in [5, 5.41) is 2.97. The van der Waals surface area contributed by atoms with Crippen LogP contribution in [0.15, 0.2) is 42.5 Å². The lowest BCUT2D eigenvalue weighted by molar-refractivity contribution is -0.120. The Hall–Kier alpha value is -2.34. The van der Waals surface area contributed by atoms with Crippen molar-refractivity contribution in [2.45, 2.75) is 40.2 Å². The Morgan fingerprint density at radius 2 is 1.59 bits per heavy atom. The number of hydrogen-bond donors (Lipinski definition) is 1. The highest BCUT2D eigenvalue weighted by atomic mass is 32.2. The normalized spacial score (nSPS) is 12.5. The molecule has 0 heterocycles. The maximum absolute atomic E-state index is 12.7. The number of para-hydroxylation sites is 1. The zero-order valence-electron chi connectivity index (χ0n) is 16.6. The van der Waals surface area contributed by atoms with E-state index in [1.165, 1.54) is 4.31 Å². The maximum atomic E-state index is 12.7. The summed E-state index contributed by atoms with van der Waals surface area (Å²) in [6, 6.07) is 13.4. The average Bonchev–Trinajstić information content (AvgIpc) is 2.58. The number of sulfonamides is 1. The van der Waals surface area contributed by atoms with Crippen LogP contribution in [-0.2, 0) is 14.8 Å². The van der Waals surface area contributed by atoms with Crippen molar-refractivity contribution in [3.63, 3.8) is 0 Å². The summed E-state index contributed by atoms with van der Waals surface area (Å²) >= 11 is 0. The topological polar surface area (TPSA) is 66.5 Å². The van der Waals surface area contributed by atoms with Gasteiger partial charge in [0.25, 0.3) is 0 Å². The Bertz CT molecular complexity index is 885. The summed E-state index contributed by atoms with van der Waals surface area (Å²) in [5.41, 5.74) is 4.36. The highest BCUT2D eigenvalue weighted by Crippen LogP contribution is 2.26. The molecule has 1 amide bonds. The van der Waals surface area contributed by atoms with E-state index in [2.05, 4.69) is 5.32 Å². The van der Waals surface area contributed by atoms with E-state index in [9.17, 15) is 13.2 Å². The molecular formula is C21H28N2O3S. The van der Waals surface area contributed by atoms with Gasteiger partial charge in [0, 0.05) is 0 Å². The fourth-order valence-electron chi connectivity index (χ4n) is 3.15. The molecule has 2 rings (SSSR count). The van der Waals surface area contributed by atoms with Crippen LogP contribution in [-0.4, -0.2) is 27.1 Å². The van der Waals surface area contributed by atoms with Gasteiger partial charge in [-0.05, 0) is 43.9 Å². The second-order valence-electron chi connectivity index (χ2n) is 6.95. The molecule has 1 N–H and O–H groups in total. The minimum Gasteiger partial charge on any atom is -0.348 e. The quantitative estimate of drug-likeness (QED) is 0.787. The molecule has 0 bridgehead atoms. The third-order valence-electron chi connectivity index (χ3n) is 4.60. The van der Waals surface area contributed by atoms with Gasteiger partial charge in [0.15, 0.2) is 0 Å². The van der Waals surface area contributed by atoms with Crippen molar-refractivity contribution in [2.24, 2.45) is 0 Å². The molecule has 0 fully saturated rings. The second kappa shape index (κ2) is 8.57. The smallest absolute Gasteiger partial charge is 0.241 e. The highest BCUT2D eigenvalue weighted by Gasteiger charge is 2.25. The van der Waals surface area contributed by atoms with Gasteiger partial charge in [0.2, 0.25) is 15.9 Å².